The molecule has 0 radical (unpaired) electrons. The Labute approximate surface area is 133 Å². The molecule has 0 fully saturated rings. The third kappa shape index (κ3) is 4.90. The van der Waals surface area contributed by atoms with Crippen molar-refractivity contribution in [3.8, 4) is 0 Å². The van der Waals surface area contributed by atoms with Crippen LogP contribution in [0.15, 0.2) is 53.0 Å². The van der Waals surface area contributed by atoms with E-state index in [0.29, 0.717) is 6.42 Å². The van der Waals surface area contributed by atoms with E-state index >= 15 is 0 Å². The number of nitrogen functional groups attached to an aromatic ring is 1. The van der Waals surface area contributed by atoms with Crippen LogP contribution >= 0.6 is 15.9 Å². The summed E-state index contributed by atoms with van der Waals surface area (Å²) in [7, 11) is 0. The molecule has 0 heterocycles. The molecule has 1 atom stereocenters. The molecule has 2 aromatic rings. The first-order valence-corrected chi connectivity index (χ1v) is 7.73. The summed E-state index contributed by atoms with van der Waals surface area (Å²) < 4.78 is 1.04. The van der Waals surface area contributed by atoms with E-state index in [9.17, 15) is 4.79 Å². The molecule has 21 heavy (non-hydrogen) atoms. The summed E-state index contributed by atoms with van der Waals surface area (Å²) in [5.74, 6) is 0.0576. The molecule has 2 aromatic carbocycles. The van der Waals surface area contributed by atoms with Gasteiger partial charge in [0.25, 0.3) is 0 Å². The van der Waals surface area contributed by atoms with E-state index in [0.717, 1.165) is 27.7 Å². The zero-order valence-electron chi connectivity index (χ0n) is 12.0. The van der Waals surface area contributed by atoms with Crippen molar-refractivity contribution >= 4 is 27.5 Å². The van der Waals surface area contributed by atoms with E-state index in [4.69, 9.17) is 5.73 Å². The maximum Gasteiger partial charge on any atom is 0.220 e. The number of rotatable bonds is 5. The number of carbonyl (C=O) groups excluding carboxylic acids is 1. The summed E-state index contributed by atoms with van der Waals surface area (Å²) in [6, 6.07) is 15.6. The molecule has 0 spiro atoms. The standard InChI is InChI=1S/C17H19BrN2O/c1-12(14-5-7-15(18)8-6-14)20-17(21)11-4-13-2-9-16(19)10-3-13/h2-3,5-10,12H,4,11,19H2,1H3,(H,20,21)/t12-/m1/s1. The number of hydrogen-bond acceptors (Lipinski definition) is 2. The fourth-order valence-electron chi connectivity index (χ4n) is 2.09. The highest BCUT2D eigenvalue weighted by atomic mass is 79.9. The van der Waals surface area contributed by atoms with Crippen LogP contribution in [-0.4, -0.2) is 5.91 Å². The van der Waals surface area contributed by atoms with Crippen molar-refractivity contribution in [2.75, 3.05) is 5.73 Å². The van der Waals surface area contributed by atoms with Crippen LogP contribution in [0.25, 0.3) is 0 Å². The molecule has 0 aliphatic carbocycles. The Bertz CT molecular complexity index is 593. The second-order valence-electron chi connectivity index (χ2n) is 5.08. The molecular weight excluding hydrogens is 328 g/mol. The van der Waals surface area contributed by atoms with E-state index in [2.05, 4.69) is 21.2 Å². The molecule has 110 valence electrons. The Balaban J connectivity index is 1.83. The van der Waals surface area contributed by atoms with Crippen LogP contribution in [0.4, 0.5) is 5.69 Å². The molecule has 0 aliphatic heterocycles. The van der Waals surface area contributed by atoms with Gasteiger partial charge in [0, 0.05) is 16.6 Å². The van der Waals surface area contributed by atoms with Crippen molar-refractivity contribution < 1.29 is 4.79 Å². The molecule has 0 saturated heterocycles. The molecule has 0 aromatic heterocycles. The van der Waals surface area contributed by atoms with Gasteiger partial charge in [-0.1, -0.05) is 40.2 Å². The number of carbonyl (C=O) groups is 1. The third-order valence-corrected chi connectivity index (χ3v) is 3.90. The van der Waals surface area contributed by atoms with Crippen LogP contribution in [0.2, 0.25) is 0 Å². The average molecular weight is 347 g/mol. The Morgan fingerprint density at radius 3 is 2.38 bits per heavy atom. The summed E-state index contributed by atoms with van der Waals surface area (Å²) in [4.78, 5) is 12.0. The first-order chi connectivity index (χ1) is 10.0. The van der Waals surface area contributed by atoms with Crippen LogP contribution in [0.3, 0.4) is 0 Å². The lowest BCUT2D eigenvalue weighted by atomic mass is 10.1. The van der Waals surface area contributed by atoms with Gasteiger partial charge in [-0.3, -0.25) is 4.79 Å². The van der Waals surface area contributed by atoms with Gasteiger partial charge in [-0.25, -0.2) is 0 Å². The topological polar surface area (TPSA) is 55.1 Å². The number of hydrogen-bond donors (Lipinski definition) is 2. The zero-order chi connectivity index (χ0) is 15.2. The first-order valence-electron chi connectivity index (χ1n) is 6.94. The Kier molecular flexibility index (Phi) is 5.39. The molecule has 4 heteroatoms. The van der Waals surface area contributed by atoms with Crippen LogP contribution in [0, 0.1) is 0 Å². The molecule has 0 bridgehead atoms. The Morgan fingerprint density at radius 2 is 1.76 bits per heavy atom. The molecule has 3 N–H and O–H groups in total. The van der Waals surface area contributed by atoms with Gasteiger partial charge in [0.15, 0.2) is 0 Å². The lowest BCUT2D eigenvalue weighted by Crippen LogP contribution is -2.26. The number of nitrogens with one attached hydrogen (secondary N) is 1. The smallest absolute Gasteiger partial charge is 0.220 e. The van der Waals surface area contributed by atoms with Crippen LogP contribution < -0.4 is 11.1 Å². The maximum atomic E-state index is 12.0. The van der Waals surface area contributed by atoms with Gasteiger partial charge in [-0.2, -0.15) is 0 Å². The summed E-state index contributed by atoms with van der Waals surface area (Å²) in [6.45, 7) is 1.99. The SMILES string of the molecule is C[C@@H](NC(=O)CCc1ccc(N)cc1)c1ccc(Br)cc1. The predicted molar refractivity (Wildman–Crippen MR) is 89.9 cm³/mol. The van der Waals surface area contributed by atoms with Gasteiger partial charge < -0.3 is 11.1 Å². The second kappa shape index (κ2) is 7.27. The van der Waals surface area contributed by atoms with E-state index in [-0.39, 0.29) is 11.9 Å². The highest BCUT2D eigenvalue weighted by Crippen LogP contribution is 2.16. The number of anilines is 1. The van der Waals surface area contributed by atoms with Crippen molar-refractivity contribution in [2.24, 2.45) is 0 Å². The lowest BCUT2D eigenvalue weighted by molar-refractivity contribution is -0.121. The maximum absolute atomic E-state index is 12.0. The van der Waals surface area contributed by atoms with Crippen molar-refractivity contribution in [3.63, 3.8) is 0 Å². The largest absolute Gasteiger partial charge is 0.399 e. The highest BCUT2D eigenvalue weighted by molar-refractivity contribution is 9.10. The normalized spacial score (nSPS) is 11.9. The van der Waals surface area contributed by atoms with E-state index in [1.165, 1.54) is 0 Å². The minimum atomic E-state index is 0.0111. The Morgan fingerprint density at radius 1 is 1.14 bits per heavy atom. The quantitative estimate of drug-likeness (QED) is 0.808. The predicted octanol–water partition coefficient (Wildman–Crippen LogP) is 3.84. The van der Waals surface area contributed by atoms with Gasteiger partial charge in [-0.05, 0) is 48.7 Å². The summed E-state index contributed by atoms with van der Waals surface area (Å²) >= 11 is 3.40. The van der Waals surface area contributed by atoms with Crippen LogP contribution in [-0.2, 0) is 11.2 Å². The molecule has 1 amide bonds. The van der Waals surface area contributed by atoms with Gasteiger partial charge >= 0.3 is 0 Å². The number of benzene rings is 2. The molecule has 2 rings (SSSR count). The van der Waals surface area contributed by atoms with Crippen molar-refractivity contribution in [1.82, 2.24) is 5.32 Å². The molecule has 0 saturated carbocycles. The van der Waals surface area contributed by atoms with Gasteiger partial charge in [0.05, 0.1) is 6.04 Å². The van der Waals surface area contributed by atoms with Crippen molar-refractivity contribution in [1.29, 1.82) is 0 Å². The van der Waals surface area contributed by atoms with Crippen molar-refractivity contribution in [2.45, 2.75) is 25.8 Å². The molecule has 0 aliphatic rings. The average Bonchev–Trinajstić information content (AvgIpc) is 2.47. The molecular formula is C17H19BrN2O. The highest BCUT2D eigenvalue weighted by Gasteiger charge is 2.09. The lowest BCUT2D eigenvalue weighted by Gasteiger charge is -2.14. The van der Waals surface area contributed by atoms with E-state index in [1.807, 2.05) is 55.5 Å². The van der Waals surface area contributed by atoms with Crippen molar-refractivity contribution in [3.05, 3.63) is 64.1 Å². The van der Waals surface area contributed by atoms with Gasteiger partial charge in [-0.15, -0.1) is 0 Å². The number of aryl methyl sites for hydroxylation is 1. The second-order valence-corrected chi connectivity index (χ2v) is 6.00. The monoisotopic (exact) mass is 346 g/mol. The first kappa shape index (κ1) is 15.6. The minimum Gasteiger partial charge on any atom is -0.399 e. The van der Waals surface area contributed by atoms with E-state index in [1.54, 1.807) is 0 Å². The van der Waals surface area contributed by atoms with Crippen LogP contribution in [0.5, 0.6) is 0 Å². The Hall–Kier alpha value is -1.81. The molecule has 3 nitrogen and oxygen atoms in total. The van der Waals surface area contributed by atoms with E-state index < -0.39 is 0 Å². The summed E-state index contributed by atoms with van der Waals surface area (Å²) in [6.07, 6.45) is 1.20. The fourth-order valence-corrected chi connectivity index (χ4v) is 2.35. The number of amides is 1. The molecule has 0 unspecified atom stereocenters. The number of nitrogens with two attached hydrogens (primary N) is 1. The summed E-state index contributed by atoms with van der Waals surface area (Å²) in [5.41, 5.74) is 8.60. The van der Waals surface area contributed by atoms with Crippen LogP contribution in [0.1, 0.15) is 30.5 Å². The number of halogens is 1. The van der Waals surface area contributed by atoms with Gasteiger partial charge in [0.1, 0.15) is 0 Å². The third-order valence-electron chi connectivity index (χ3n) is 3.37. The van der Waals surface area contributed by atoms with Gasteiger partial charge in [0.2, 0.25) is 5.91 Å². The fraction of sp³-hybridized carbons (Fsp3) is 0.235. The zero-order valence-corrected chi connectivity index (χ0v) is 13.6. The minimum absolute atomic E-state index is 0.0111. The summed E-state index contributed by atoms with van der Waals surface area (Å²) in [5, 5.41) is 3.02.